The Kier molecular flexibility index (Phi) is 7.43. The Labute approximate surface area is 199 Å². The highest BCUT2D eigenvalue weighted by molar-refractivity contribution is 6.06. The van der Waals surface area contributed by atoms with Crippen molar-refractivity contribution in [2.24, 2.45) is 0 Å². The molecule has 0 saturated carbocycles. The first-order chi connectivity index (χ1) is 16.5. The van der Waals surface area contributed by atoms with Crippen LogP contribution in [0.5, 0.6) is 5.75 Å². The van der Waals surface area contributed by atoms with Gasteiger partial charge in [-0.15, -0.1) is 0 Å². The van der Waals surface area contributed by atoms with E-state index in [0.29, 0.717) is 22.9 Å². The fourth-order valence-electron chi connectivity index (χ4n) is 3.08. The van der Waals surface area contributed by atoms with Crippen LogP contribution in [-0.4, -0.2) is 36.1 Å². The summed E-state index contributed by atoms with van der Waals surface area (Å²) in [6.07, 6.45) is -4.61. The molecule has 0 aliphatic heterocycles. The molecular formula is C23H23F3N6O3. The number of aromatic nitrogens is 2. The number of nitrogens with zero attached hydrogens (tertiary/aromatic N) is 2. The van der Waals surface area contributed by atoms with E-state index in [-0.39, 0.29) is 22.8 Å². The molecule has 0 aliphatic rings. The smallest absolute Gasteiger partial charge is 0.416 e. The molecule has 0 saturated heterocycles. The maximum Gasteiger partial charge on any atom is 0.416 e. The van der Waals surface area contributed by atoms with Gasteiger partial charge in [-0.05, 0) is 43.7 Å². The summed E-state index contributed by atoms with van der Waals surface area (Å²) in [6.45, 7) is 3.40. The summed E-state index contributed by atoms with van der Waals surface area (Å²) in [5, 5.41) is 10.5. The maximum atomic E-state index is 13.2. The van der Waals surface area contributed by atoms with Gasteiger partial charge in [0.1, 0.15) is 23.2 Å². The number of anilines is 4. The number of aryl methyl sites for hydroxylation is 2. The van der Waals surface area contributed by atoms with E-state index in [2.05, 4.69) is 31.2 Å². The zero-order valence-electron chi connectivity index (χ0n) is 19.3. The van der Waals surface area contributed by atoms with Gasteiger partial charge in [0.15, 0.2) is 0 Å². The lowest BCUT2D eigenvalue weighted by molar-refractivity contribution is -0.137. The summed E-state index contributed by atoms with van der Waals surface area (Å²) >= 11 is 0. The number of carbonyl (C=O) groups is 2. The number of halogens is 3. The van der Waals surface area contributed by atoms with E-state index in [0.717, 1.165) is 12.1 Å². The summed E-state index contributed by atoms with van der Waals surface area (Å²) in [4.78, 5) is 33.5. The number of benzene rings is 2. The number of urea groups is 1. The molecule has 3 rings (SSSR count). The molecule has 184 valence electrons. The normalized spacial score (nSPS) is 10.9. The fourth-order valence-corrected chi connectivity index (χ4v) is 3.08. The van der Waals surface area contributed by atoms with Crippen molar-refractivity contribution in [1.82, 2.24) is 9.97 Å². The van der Waals surface area contributed by atoms with Gasteiger partial charge in [0, 0.05) is 36.1 Å². The summed E-state index contributed by atoms with van der Waals surface area (Å²) in [5.41, 5.74) is 0.0617. The minimum atomic E-state index is -4.61. The topological polar surface area (TPSA) is 117 Å². The SMILES string of the molecule is CNc1cc(NC(=O)Nc2cc(C(=O)Nc3cc(OC)cc(C(F)(F)F)c3)ccc2C)nc(C)n1. The second-order valence-corrected chi connectivity index (χ2v) is 7.45. The first kappa shape index (κ1) is 25.3. The van der Waals surface area contributed by atoms with E-state index < -0.39 is 23.7 Å². The third kappa shape index (κ3) is 6.59. The number of carbonyl (C=O) groups excluding carboxylic acids is 2. The minimum absolute atomic E-state index is 0.0561. The third-order valence-electron chi connectivity index (χ3n) is 4.81. The Bertz CT molecular complexity index is 1260. The van der Waals surface area contributed by atoms with Crippen LogP contribution in [0.4, 0.5) is 41.0 Å². The molecule has 9 nitrogen and oxygen atoms in total. The van der Waals surface area contributed by atoms with Crippen LogP contribution in [0, 0.1) is 13.8 Å². The number of hydrogen-bond acceptors (Lipinski definition) is 6. The van der Waals surface area contributed by atoms with Gasteiger partial charge in [-0.25, -0.2) is 14.8 Å². The lowest BCUT2D eigenvalue weighted by atomic mass is 10.1. The van der Waals surface area contributed by atoms with Crippen LogP contribution >= 0.6 is 0 Å². The van der Waals surface area contributed by atoms with Crippen molar-refractivity contribution in [2.45, 2.75) is 20.0 Å². The average Bonchev–Trinajstić information content (AvgIpc) is 2.79. The number of alkyl halides is 3. The predicted molar refractivity (Wildman–Crippen MR) is 126 cm³/mol. The number of ether oxygens (including phenoxy) is 1. The maximum absolute atomic E-state index is 13.2. The number of rotatable bonds is 6. The molecule has 0 aliphatic carbocycles. The van der Waals surface area contributed by atoms with Gasteiger partial charge in [0.05, 0.1) is 12.7 Å². The van der Waals surface area contributed by atoms with Crippen molar-refractivity contribution < 1.29 is 27.5 Å². The van der Waals surface area contributed by atoms with Gasteiger partial charge in [0.25, 0.3) is 5.91 Å². The molecule has 0 atom stereocenters. The highest BCUT2D eigenvalue weighted by Crippen LogP contribution is 2.34. The fraction of sp³-hybridized carbons (Fsp3) is 0.217. The highest BCUT2D eigenvalue weighted by Gasteiger charge is 2.31. The van der Waals surface area contributed by atoms with Crippen molar-refractivity contribution in [2.75, 3.05) is 35.4 Å². The number of methoxy groups -OCH3 is 1. The lowest BCUT2D eigenvalue weighted by Crippen LogP contribution is -2.21. The molecule has 2 aromatic carbocycles. The van der Waals surface area contributed by atoms with Gasteiger partial charge in [-0.2, -0.15) is 13.2 Å². The molecule has 0 bridgehead atoms. The molecule has 1 heterocycles. The molecule has 35 heavy (non-hydrogen) atoms. The van der Waals surface area contributed by atoms with Crippen molar-refractivity contribution >= 4 is 34.9 Å². The van der Waals surface area contributed by atoms with Crippen molar-refractivity contribution in [3.63, 3.8) is 0 Å². The summed E-state index contributed by atoms with van der Waals surface area (Å²) in [5.74, 6) is 0.519. The minimum Gasteiger partial charge on any atom is -0.497 e. The molecule has 0 spiro atoms. The van der Waals surface area contributed by atoms with E-state index in [1.807, 2.05) is 0 Å². The Morgan fingerprint density at radius 3 is 2.29 bits per heavy atom. The summed E-state index contributed by atoms with van der Waals surface area (Å²) in [7, 11) is 2.91. The van der Waals surface area contributed by atoms with Crippen LogP contribution in [0.2, 0.25) is 0 Å². The van der Waals surface area contributed by atoms with Gasteiger partial charge >= 0.3 is 12.2 Å². The van der Waals surface area contributed by atoms with Crippen LogP contribution in [0.15, 0.2) is 42.5 Å². The van der Waals surface area contributed by atoms with Crippen molar-refractivity contribution in [3.8, 4) is 5.75 Å². The Morgan fingerprint density at radius 1 is 0.914 bits per heavy atom. The number of amides is 3. The van der Waals surface area contributed by atoms with Crippen LogP contribution < -0.4 is 26.0 Å². The van der Waals surface area contributed by atoms with E-state index in [1.165, 1.54) is 25.3 Å². The monoisotopic (exact) mass is 488 g/mol. The summed E-state index contributed by atoms with van der Waals surface area (Å²) in [6, 6.07) is 8.37. The van der Waals surface area contributed by atoms with E-state index in [9.17, 15) is 22.8 Å². The van der Waals surface area contributed by atoms with Gasteiger partial charge in [-0.1, -0.05) is 6.07 Å². The second-order valence-electron chi connectivity index (χ2n) is 7.45. The van der Waals surface area contributed by atoms with Gasteiger partial charge < -0.3 is 20.7 Å². The van der Waals surface area contributed by atoms with Gasteiger partial charge in [0.2, 0.25) is 0 Å². The summed E-state index contributed by atoms with van der Waals surface area (Å²) < 4.78 is 44.4. The average molecular weight is 488 g/mol. The van der Waals surface area contributed by atoms with Crippen LogP contribution in [-0.2, 0) is 6.18 Å². The van der Waals surface area contributed by atoms with Crippen molar-refractivity contribution in [1.29, 1.82) is 0 Å². The molecule has 3 amide bonds. The third-order valence-corrected chi connectivity index (χ3v) is 4.81. The van der Waals surface area contributed by atoms with E-state index in [4.69, 9.17) is 4.74 Å². The molecular weight excluding hydrogens is 465 g/mol. The highest BCUT2D eigenvalue weighted by atomic mass is 19.4. The quantitative estimate of drug-likeness (QED) is 0.385. The Morgan fingerprint density at radius 2 is 1.63 bits per heavy atom. The molecule has 1 aromatic heterocycles. The number of nitrogens with one attached hydrogen (secondary N) is 4. The molecule has 4 N–H and O–H groups in total. The van der Waals surface area contributed by atoms with Crippen LogP contribution in [0.3, 0.4) is 0 Å². The zero-order valence-corrected chi connectivity index (χ0v) is 19.3. The zero-order chi connectivity index (χ0) is 25.8. The largest absolute Gasteiger partial charge is 0.497 e. The van der Waals surface area contributed by atoms with Crippen LogP contribution in [0.1, 0.15) is 27.3 Å². The molecule has 0 fully saturated rings. The molecule has 12 heteroatoms. The van der Waals surface area contributed by atoms with Crippen molar-refractivity contribution in [3.05, 3.63) is 65.0 Å². The molecule has 0 radical (unpaired) electrons. The number of hydrogen-bond donors (Lipinski definition) is 4. The molecule has 0 unspecified atom stereocenters. The van der Waals surface area contributed by atoms with E-state index in [1.54, 1.807) is 33.0 Å². The Balaban J connectivity index is 1.77. The van der Waals surface area contributed by atoms with Gasteiger partial charge in [-0.3, -0.25) is 10.1 Å². The Hall–Kier alpha value is -4.35. The first-order valence-electron chi connectivity index (χ1n) is 10.3. The van der Waals surface area contributed by atoms with Crippen LogP contribution in [0.25, 0.3) is 0 Å². The van der Waals surface area contributed by atoms with E-state index >= 15 is 0 Å². The molecule has 3 aromatic rings. The lowest BCUT2D eigenvalue weighted by Gasteiger charge is -2.14. The first-order valence-corrected chi connectivity index (χ1v) is 10.3. The predicted octanol–water partition coefficient (Wildman–Crippen LogP) is 5.06. The second kappa shape index (κ2) is 10.3. The standard InChI is InChI=1S/C23H23F3N6O3/c1-12-5-6-14(21(33)30-16-8-15(23(24,25)26)9-17(10-16)35-4)7-18(12)31-22(34)32-20-11-19(27-3)28-13(2)29-20/h5-11H,1-4H3,(H,30,33)(H3,27,28,29,31,32,34).